The Morgan fingerprint density at radius 2 is 1.48 bits per heavy atom. The number of nitrogens with zero attached hydrogens (tertiary/aromatic N) is 1. The van der Waals surface area contributed by atoms with Gasteiger partial charge in [-0.1, -0.05) is 30.3 Å². The molecule has 2 amide bonds. The van der Waals surface area contributed by atoms with E-state index in [2.05, 4.69) is 10.6 Å². The van der Waals surface area contributed by atoms with E-state index >= 15 is 0 Å². The zero-order chi connectivity index (χ0) is 18.6. The summed E-state index contributed by atoms with van der Waals surface area (Å²) in [5.74, 6) is -0.879. The summed E-state index contributed by atoms with van der Waals surface area (Å²) in [4.78, 5) is 25.3. The number of carbonyl (C=O) groups excluding carboxylic acids is 2. The SMILES string of the molecule is Cc1cccc(C)c1NC(=O)C(C)(C)C(=O)Nc1ccccc1C#N. The molecule has 2 rings (SSSR count). The van der Waals surface area contributed by atoms with Gasteiger partial charge in [-0.15, -0.1) is 0 Å². The van der Waals surface area contributed by atoms with E-state index < -0.39 is 17.2 Å². The molecular weight excluding hydrogens is 314 g/mol. The average molecular weight is 335 g/mol. The Labute approximate surface area is 147 Å². The van der Waals surface area contributed by atoms with Gasteiger partial charge in [-0.2, -0.15) is 5.26 Å². The summed E-state index contributed by atoms with van der Waals surface area (Å²) in [5, 5.41) is 14.6. The molecule has 0 aliphatic rings. The second kappa shape index (κ2) is 7.18. The minimum atomic E-state index is -1.31. The van der Waals surface area contributed by atoms with Crippen molar-refractivity contribution in [2.45, 2.75) is 27.7 Å². The Morgan fingerprint density at radius 3 is 2.08 bits per heavy atom. The van der Waals surface area contributed by atoms with Crippen molar-refractivity contribution in [3.63, 3.8) is 0 Å². The molecule has 128 valence electrons. The van der Waals surface area contributed by atoms with E-state index in [1.807, 2.05) is 38.1 Å². The van der Waals surface area contributed by atoms with Crippen LogP contribution in [0.3, 0.4) is 0 Å². The molecule has 0 aliphatic carbocycles. The van der Waals surface area contributed by atoms with Crippen LogP contribution in [0.25, 0.3) is 0 Å². The molecule has 2 aromatic rings. The molecule has 0 unspecified atom stereocenters. The summed E-state index contributed by atoms with van der Waals surface area (Å²) >= 11 is 0. The monoisotopic (exact) mass is 335 g/mol. The van der Waals surface area contributed by atoms with Gasteiger partial charge in [0.25, 0.3) is 0 Å². The molecule has 2 aromatic carbocycles. The van der Waals surface area contributed by atoms with Gasteiger partial charge in [0.05, 0.1) is 11.3 Å². The normalized spacial score (nSPS) is 10.7. The van der Waals surface area contributed by atoms with Crippen LogP contribution in [0.1, 0.15) is 30.5 Å². The van der Waals surface area contributed by atoms with Crippen LogP contribution in [0.15, 0.2) is 42.5 Å². The average Bonchev–Trinajstić information content (AvgIpc) is 2.58. The minimum Gasteiger partial charge on any atom is -0.325 e. The van der Waals surface area contributed by atoms with Gasteiger partial charge in [-0.25, -0.2) is 0 Å². The Hall–Kier alpha value is -3.13. The predicted octanol–water partition coefficient (Wildman–Crippen LogP) is 3.78. The highest BCUT2D eigenvalue weighted by Gasteiger charge is 2.36. The lowest BCUT2D eigenvalue weighted by atomic mass is 9.90. The van der Waals surface area contributed by atoms with Crippen LogP contribution < -0.4 is 10.6 Å². The van der Waals surface area contributed by atoms with Crippen LogP contribution in [0.4, 0.5) is 11.4 Å². The Morgan fingerprint density at radius 1 is 0.920 bits per heavy atom. The fourth-order valence-electron chi connectivity index (χ4n) is 2.35. The van der Waals surface area contributed by atoms with Crippen molar-refractivity contribution in [2.75, 3.05) is 10.6 Å². The number of rotatable bonds is 4. The van der Waals surface area contributed by atoms with Crippen molar-refractivity contribution in [1.29, 1.82) is 5.26 Å². The second-order valence-corrected chi connectivity index (χ2v) is 6.46. The van der Waals surface area contributed by atoms with E-state index in [1.165, 1.54) is 0 Å². The van der Waals surface area contributed by atoms with Crippen LogP contribution in [-0.2, 0) is 9.59 Å². The molecule has 0 atom stereocenters. The highest BCUT2D eigenvalue weighted by atomic mass is 16.2. The van der Waals surface area contributed by atoms with Gasteiger partial charge in [0, 0.05) is 5.69 Å². The van der Waals surface area contributed by atoms with Crippen molar-refractivity contribution in [3.8, 4) is 6.07 Å². The molecule has 25 heavy (non-hydrogen) atoms. The highest BCUT2D eigenvalue weighted by molar-refractivity contribution is 6.14. The number of hydrogen-bond donors (Lipinski definition) is 2. The molecule has 2 N–H and O–H groups in total. The van der Waals surface area contributed by atoms with Gasteiger partial charge in [0.15, 0.2) is 0 Å². The van der Waals surface area contributed by atoms with E-state index in [4.69, 9.17) is 5.26 Å². The Bertz CT molecular complexity index is 843. The largest absolute Gasteiger partial charge is 0.325 e. The molecule has 0 radical (unpaired) electrons. The maximum absolute atomic E-state index is 12.7. The van der Waals surface area contributed by atoms with Gasteiger partial charge < -0.3 is 10.6 Å². The van der Waals surface area contributed by atoms with Crippen LogP contribution in [0.5, 0.6) is 0 Å². The van der Waals surface area contributed by atoms with Gasteiger partial charge in [0.1, 0.15) is 11.5 Å². The fraction of sp³-hybridized carbons (Fsp3) is 0.250. The standard InChI is InChI=1S/C20H21N3O2/c1-13-8-7-9-14(2)17(13)23-19(25)20(3,4)18(24)22-16-11-6-5-10-15(16)12-21/h5-11H,1-4H3,(H,22,24)(H,23,25). The lowest BCUT2D eigenvalue weighted by Gasteiger charge is -2.24. The summed E-state index contributed by atoms with van der Waals surface area (Å²) in [5.41, 5.74) is 2.01. The minimum absolute atomic E-state index is 0.349. The molecule has 0 aliphatic heterocycles. The summed E-state index contributed by atoms with van der Waals surface area (Å²) in [6, 6.07) is 14.4. The summed E-state index contributed by atoms with van der Waals surface area (Å²) in [6.07, 6.45) is 0. The first-order valence-corrected chi connectivity index (χ1v) is 7.95. The van der Waals surface area contributed by atoms with Gasteiger partial charge in [-0.3, -0.25) is 9.59 Å². The van der Waals surface area contributed by atoms with E-state index in [1.54, 1.807) is 38.1 Å². The number of nitrogens with one attached hydrogen (secondary N) is 2. The van der Waals surface area contributed by atoms with Crippen molar-refractivity contribution in [2.24, 2.45) is 5.41 Å². The number of carbonyl (C=O) groups is 2. The molecule has 0 spiro atoms. The van der Waals surface area contributed by atoms with E-state index in [9.17, 15) is 9.59 Å². The number of para-hydroxylation sites is 2. The lowest BCUT2D eigenvalue weighted by molar-refractivity contribution is -0.135. The molecule has 0 saturated heterocycles. The van der Waals surface area contributed by atoms with Crippen molar-refractivity contribution in [1.82, 2.24) is 0 Å². The number of hydrogen-bond acceptors (Lipinski definition) is 3. The van der Waals surface area contributed by atoms with Crippen LogP contribution in [0, 0.1) is 30.6 Å². The topological polar surface area (TPSA) is 82.0 Å². The van der Waals surface area contributed by atoms with Crippen LogP contribution in [0.2, 0.25) is 0 Å². The molecule has 0 aromatic heterocycles. The summed E-state index contributed by atoms with van der Waals surface area (Å²) < 4.78 is 0. The predicted molar refractivity (Wildman–Crippen MR) is 98.1 cm³/mol. The van der Waals surface area contributed by atoms with Crippen molar-refractivity contribution in [3.05, 3.63) is 59.2 Å². The third-order valence-corrected chi connectivity index (χ3v) is 4.15. The quantitative estimate of drug-likeness (QED) is 0.834. The lowest BCUT2D eigenvalue weighted by Crippen LogP contribution is -2.42. The number of nitriles is 1. The zero-order valence-electron chi connectivity index (χ0n) is 14.8. The van der Waals surface area contributed by atoms with E-state index in [0.29, 0.717) is 16.9 Å². The highest BCUT2D eigenvalue weighted by Crippen LogP contribution is 2.25. The first kappa shape index (κ1) is 18.2. The third kappa shape index (κ3) is 3.86. The molecule has 5 heteroatoms. The fourth-order valence-corrected chi connectivity index (χ4v) is 2.35. The van der Waals surface area contributed by atoms with Gasteiger partial charge in [0.2, 0.25) is 11.8 Å². The zero-order valence-corrected chi connectivity index (χ0v) is 14.8. The first-order chi connectivity index (χ1) is 11.8. The van der Waals surface area contributed by atoms with Gasteiger partial charge in [-0.05, 0) is 51.0 Å². The molecule has 0 bridgehead atoms. The van der Waals surface area contributed by atoms with Crippen molar-refractivity contribution < 1.29 is 9.59 Å². The maximum Gasteiger partial charge on any atom is 0.239 e. The van der Waals surface area contributed by atoms with Crippen LogP contribution in [-0.4, -0.2) is 11.8 Å². The second-order valence-electron chi connectivity index (χ2n) is 6.46. The van der Waals surface area contributed by atoms with E-state index in [-0.39, 0.29) is 0 Å². The van der Waals surface area contributed by atoms with Crippen molar-refractivity contribution >= 4 is 23.2 Å². The third-order valence-electron chi connectivity index (χ3n) is 4.15. The number of benzene rings is 2. The maximum atomic E-state index is 12.7. The number of anilines is 2. The Kier molecular flexibility index (Phi) is 5.23. The molecule has 0 saturated carbocycles. The van der Waals surface area contributed by atoms with Crippen LogP contribution >= 0.6 is 0 Å². The van der Waals surface area contributed by atoms with Gasteiger partial charge >= 0.3 is 0 Å². The van der Waals surface area contributed by atoms with E-state index in [0.717, 1.165) is 11.1 Å². The molecule has 5 nitrogen and oxygen atoms in total. The molecule has 0 heterocycles. The first-order valence-electron chi connectivity index (χ1n) is 7.95. The molecular formula is C20H21N3O2. The molecule has 0 fully saturated rings. The summed E-state index contributed by atoms with van der Waals surface area (Å²) in [6.45, 7) is 6.91. The Balaban J connectivity index is 2.21. The smallest absolute Gasteiger partial charge is 0.239 e. The number of amides is 2. The summed E-state index contributed by atoms with van der Waals surface area (Å²) in [7, 11) is 0. The number of aryl methyl sites for hydroxylation is 2.